The monoisotopic (exact) mass is 265 g/mol. The standard InChI is InChI=1S/C12H12BrNO/c1-8-3-4-9-10(12(15)6-13)7-14(2)11(9)5-8/h3-5,7H,6H2,1-2H3. The Labute approximate surface area is 97.0 Å². The van der Waals surface area contributed by atoms with Crippen molar-refractivity contribution in [3.8, 4) is 0 Å². The van der Waals surface area contributed by atoms with Gasteiger partial charge in [0.05, 0.1) is 5.33 Å². The number of hydrogen-bond donors (Lipinski definition) is 0. The van der Waals surface area contributed by atoms with E-state index in [4.69, 9.17) is 0 Å². The van der Waals surface area contributed by atoms with Crippen molar-refractivity contribution in [1.82, 2.24) is 4.57 Å². The van der Waals surface area contributed by atoms with Gasteiger partial charge in [-0.25, -0.2) is 0 Å². The van der Waals surface area contributed by atoms with Crippen molar-refractivity contribution in [1.29, 1.82) is 0 Å². The number of fused-ring (bicyclic) bond motifs is 1. The zero-order valence-corrected chi connectivity index (χ0v) is 10.3. The SMILES string of the molecule is Cc1ccc2c(C(=O)CBr)cn(C)c2c1. The highest BCUT2D eigenvalue weighted by atomic mass is 79.9. The highest BCUT2D eigenvalue weighted by Gasteiger charge is 2.12. The number of aryl methyl sites for hydroxylation is 2. The van der Waals surface area contributed by atoms with Gasteiger partial charge < -0.3 is 4.57 Å². The van der Waals surface area contributed by atoms with Crippen LogP contribution in [0.5, 0.6) is 0 Å². The normalized spacial score (nSPS) is 10.9. The summed E-state index contributed by atoms with van der Waals surface area (Å²) >= 11 is 3.20. The Bertz CT molecular complexity index is 528. The Morgan fingerprint density at radius 2 is 2.20 bits per heavy atom. The van der Waals surface area contributed by atoms with Gasteiger partial charge in [0.2, 0.25) is 0 Å². The van der Waals surface area contributed by atoms with Crippen LogP contribution in [0.25, 0.3) is 10.9 Å². The zero-order valence-electron chi connectivity index (χ0n) is 8.75. The van der Waals surface area contributed by atoms with E-state index in [1.165, 1.54) is 5.56 Å². The van der Waals surface area contributed by atoms with Gasteiger partial charge in [-0.15, -0.1) is 0 Å². The van der Waals surface area contributed by atoms with Crippen LogP contribution in [0, 0.1) is 6.92 Å². The maximum atomic E-state index is 11.7. The van der Waals surface area contributed by atoms with Crippen LogP contribution >= 0.6 is 15.9 Å². The van der Waals surface area contributed by atoms with Crippen molar-refractivity contribution in [2.75, 3.05) is 5.33 Å². The van der Waals surface area contributed by atoms with E-state index in [2.05, 4.69) is 28.9 Å². The molecule has 0 atom stereocenters. The van der Waals surface area contributed by atoms with E-state index in [1.807, 2.05) is 29.9 Å². The van der Waals surface area contributed by atoms with Crippen molar-refractivity contribution in [2.24, 2.45) is 7.05 Å². The molecule has 0 saturated carbocycles. The van der Waals surface area contributed by atoms with Crippen molar-refractivity contribution in [3.05, 3.63) is 35.5 Å². The number of hydrogen-bond acceptors (Lipinski definition) is 1. The summed E-state index contributed by atoms with van der Waals surface area (Å²) in [6.07, 6.45) is 1.90. The van der Waals surface area contributed by atoms with Crippen molar-refractivity contribution >= 4 is 32.6 Å². The molecule has 0 bridgehead atoms. The lowest BCUT2D eigenvalue weighted by molar-refractivity contribution is 0.102. The van der Waals surface area contributed by atoms with Crippen LogP contribution in [0.3, 0.4) is 0 Å². The van der Waals surface area contributed by atoms with Crippen molar-refractivity contribution in [2.45, 2.75) is 6.92 Å². The van der Waals surface area contributed by atoms with Gasteiger partial charge in [-0.05, 0) is 18.6 Å². The predicted molar refractivity (Wildman–Crippen MR) is 65.8 cm³/mol. The molecular weight excluding hydrogens is 254 g/mol. The lowest BCUT2D eigenvalue weighted by Gasteiger charge is -1.97. The van der Waals surface area contributed by atoms with E-state index in [1.54, 1.807) is 0 Å². The minimum atomic E-state index is 0.129. The topological polar surface area (TPSA) is 22.0 Å². The molecule has 0 aliphatic rings. The average Bonchev–Trinajstić information content (AvgIpc) is 2.55. The molecule has 0 aliphatic heterocycles. The minimum Gasteiger partial charge on any atom is -0.350 e. The molecule has 2 aromatic rings. The van der Waals surface area contributed by atoms with E-state index >= 15 is 0 Å². The van der Waals surface area contributed by atoms with Crippen LogP contribution in [0.15, 0.2) is 24.4 Å². The molecule has 0 fully saturated rings. The first-order valence-electron chi connectivity index (χ1n) is 4.78. The average molecular weight is 266 g/mol. The van der Waals surface area contributed by atoms with E-state index in [9.17, 15) is 4.79 Å². The van der Waals surface area contributed by atoms with Crippen molar-refractivity contribution < 1.29 is 4.79 Å². The summed E-state index contributed by atoms with van der Waals surface area (Å²) in [5.41, 5.74) is 3.12. The maximum absolute atomic E-state index is 11.7. The number of carbonyl (C=O) groups excluding carboxylic acids is 1. The van der Waals surface area contributed by atoms with Gasteiger partial charge in [-0.1, -0.05) is 28.1 Å². The molecule has 15 heavy (non-hydrogen) atoms. The summed E-state index contributed by atoms with van der Waals surface area (Å²) in [7, 11) is 1.97. The van der Waals surface area contributed by atoms with Crippen molar-refractivity contribution in [3.63, 3.8) is 0 Å². The third kappa shape index (κ3) is 1.72. The molecule has 2 rings (SSSR count). The Morgan fingerprint density at radius 1 is 1.47 bits per heavy atom. The highest BCUT2D eigenvalue weighted by molar-refractivity contribution is 9.09. The van der Waals surface area contributed by atoms with Crippen LogP contribution < -0.4 is 0 Å². The molecule has 0 amide bonds. The molecule has 0 radical (unpaired) electrons. The van der Waals surface area contributed by atoms with Gasteiger partial charge in [0.1, 0.15) is 0 Å². The smallest absolute Gasteiger partial charge is 0.175 e. The third-order valence-electron chi connectivity index (χ3n) is 2.57. The molecule has 1 aromatic carbocycles. The lowest BCUT2D eigenvalue weighted by atomic mass is 10.1. The summed E-state index contributed by atoms with van der Waals surface area (Å²) < 4.78 is 2.00. The Balaban J connectivity index is 2.73. The summed E-state index contributed by atoms with van der Waals surface area (Å²) in [5, 5.41) is 1.41. The first-order valence-corrected chi connectivity index (χ1v) is 5.90. The molecule has 3 heteroatoms. The Morgan fingerprint density at radius 3 is 2.87 bits per heavy atom. The van der Waals surface area contributed by atoms with Crippen LogP contribution in [-0.4, -0.2) is 15.7 Å². The van der Waals surface area contributed by atoms with E-state index < -0.39 is 0 Å². The fourth-order valence-corrected chi connectivity index (χ4v) is 2.09. The number of halogens is 1. The van der Waals surface area contributed by atoms with Gasteiger partial charge in [-0.3, -0.25) is 4.79 Å². The lowest BCUT2D eigenvalue weighted by Crippen LogP contribution is -1.98. The minimum absolute atomic E-state index is 0.129. The summed E-state index contributed by atoms with van der Waals surface area (Å²) in [6, 6.07) is 6.15. The molecule has 2 nitrogen and oxygen atoms in total. The Hall–Kier alpha value is -1.09. The Kier molecular flexibility index (Phi) is 2.65. The van der Waals surface area contributed by atoms with Gasteiger partial charge in [0.25, 0.3) is 0 Å². The third-order valence-corrected chi connectivity index (χ3v) is 3.08. The quantitative estimate of drug-likeness (QED) is 0.604. The van der Waals surface area contributed by atoms with Crippen LogP contribution in [0.2, 0.25) is 0 Å². The second-order valence-electron chi connectivity index (χ2n) is 3.73. The first kappa shape index (κ1) is 10.4. The number of aromatic nitrogens is 1. The van der Waals surface area contributed by atoms with E-state index in [0.717, 1.165) is 16.5 Å². The fourth-order valence-electron chi connectivity index (χ4n) is 1.79. The summed E-state index contributed by atoms with van der Waals surface area (Å²) in [5.74, 6) is 0.129. The first-order chi connectivity index (χ1) is 7.13. The molecule has 0 saturated heterocycles. The molecule has 1 heterocycles. The molecule has 1 aromatic heterocycles. The number of rotatable bonds is 2. The summed E-state index contributed by atoms with van der Waals surface area (Å²) in [6.45, 7) is 2.05. The number of alkyl halides is 1. The number of benzene rings is 1. The van der Waals surface area contributed by atoms with Gasteiger partial charge in [-0.2, -0.15) is 0 Å². The van der Waals surface area contributed by atoms with Crippen LogP contribution in [0.1, 0.15) is 15.9 Å². The fraction of sp³-hybridized carbons (Fsp3) is 0.250. The van der Waals surface area contributed by atoms with Crippen LogP contribution in [-0.2, 0) is 7.05 Å². The van der Waals surface area contributed by atoms with Gasteiger partial charge in [0, 0.05) is 29.7 Å². The molecule has 0 spiro atoms. The zero-order chi connectivity index (χ0) is 11.0. The number of carbonyl (C=O) groups is 1. The second-order valence-corrected chi connectivity index (χ2v) is 4.29. The molecule has 0 unspecified atom stereocenters. The molecule has 0 N–H and O–H groups in total. The molecule has 78 valence electrons. The predicted octanol–water partition coefficient (Wildman–Crippen LogP) is 3.06. The largest absolute Gasteiger partial charge is 0.350 e. The molecular formula is C12H12BrNO. The second kappa shape index (κ2) is 3.81. The number of Topliss-reactive ketones (excluding diaryl/α,β-unsaturated/α-hetero) is 1. The number of nitrogens with zero attached hydrogens (tertiary/aromatic N) is 1. The van der Waals surface area contributed by atoms with E-state index in [-0.39, 0.29) is 5.78 Å². The highest BCUT2D eigenvalue weighted by Crippen LogP contribution is 2.22. The van der Waals surface area contributed by atoms with Crippen LogP contribution in [0.4, 0.5) is 0 Å². The molecule has 0 aliphatic carbocycles. The summed E-state index contributed by atoms with van der Waals surface area (Å²) in [4.78, 5) is 11.7. The van der Waals surface area contributed by atoms with E-state index in [0.29, 0.717) is 5.33 Å². The maximum Gasteiger partial charge on any atom is 0.175 e. The van der Waals surface area contributed by atoms with Gasteiger partial charge >= 0.3 is 0 Å². The number of ketones is 1. The van der Waals surface area contributed by atoms with Gasteiger partial charge in [0.15, 0.2) is 5.78 Å².